The van der Waals surface area contributed by atoms with Gasteiger partial charge in [0, 0.05) is 11.4 Å². The number of hydrogen-bond donors (Lipinski definition) is 2. The van der Waals surface area contributed by atoms with Crippen LogP contribution in [0, 0.1) is 0 Å². The molecule has 0 aliphatic carbocycles. The first-order chi connectivity index (χ1) is 15.4. The maximum Gasteiger partial charge on any atom is 0.291 e. The molecule has 0 spiro atoms. The Morgan fingerprint density at radius 3 is 2.25 bits per heavy atom. The third-order valence-corrected chi connectivity index (χ3v) is 4.85. The maximum atomic E-state index is 12.6. The fourth-order valence-corrected chi connectivity index (χ4v) is 3.24. The molecule has 2 N–H and O–H groups in total. The SMILES string of the molecule is COc1cc(CCC(=O)Nc2ccc(Cl)cc2NC(=O)c2ccco2)cc(OC)c1OC. The van der Waals surface area contributed by atoms with Gasteiger partial charge < -0.3 is 29.3 Å². The molecule has 0 aliphatic rings. The molecule has 9 heteroatoms. The molecule has 2 amide bonds. The number of hydrogen-bond acceptors (Lipinski definition) is 6. The lowest BCUT2D eigenvalue weighted by molar-refractivity contribution is -0.116. The number of rotatable bonds is 9. The second-order valence-corrected chi connectivity index (χ2v) is 7.14. The van der Waals surface area contributed by atoms with Crippen molar-refractivity contribution in [3.63, 3.8) is 0 Å². The summed E-state index contributed by atoms with van der Waals surface area (Å²) in [6.45, 7) is 0. The quantitative estimate of drug-likeness (QED) is 0.478. The molecule has 0 saturated carbocycles. The van der Waals surface area contributed by atoms with Gasteiger partial charge in [0.1, 0.15) is 0 Å². The highest BCUT2D eigenvalue weighted by molar-refractivity contribution is 6.31. The number of amides is 2. The smallest absolute Gasteiger partial charge is 0.291 e. The third-order valence-electron chi connectivity index (χ3n) is 4.61. The lowest BCUT2D eigenvalue weighted by Crippen LogP contribution is -2.16. The molecular weight excluding hydrogens is 436 g/mol. The summed E-state index contributed by atoms with van der Waals surface area (Å²) in [5, 5.41) is 5.92. The van der Waals surface area contributed by atoms with E-state index < -0.39 is 5.91 Å². The van der Waals surface area contributed by atoms with Crippen LogP contribution in [0.5, 0.6) is 17.2 Å². The first kappa shape index (κ1) is 23.0. The van der Waals surface area contributed by atoms with Gasteiger partial charge in [-0.2, -0.15) is 0 Å². The normalized spacial score (nSPS) is 10.4. The van der Waals surface area contributed by atoms with E-state index in [0.717, 1.165) is 5.56 Å². The minimum absolute atomic E-state index is 0.143. The third kappa shape index (κ3) is 5.53. The first-order valence-corrected chi connectivity index (χ1v) is 10.1. The van der Waals surface area contributed by atoms with Gasteiger partial charge in [-0.05, 0) is 54.4 Å². The number of furan rings is 1. The van der Waals surface area contributed by atoms with Crippen LogP contribution in [0.15, 0.2) is 53.1 Å². The molecule has 0 atom stereocenters. The predicted molar refractivity (Wildman–Crippen MR) is 121 cm³/mol. The van der Waals surface area contributed by atoms with Crippen molar-refractivity contribution in [3.8, 4) is 17.2 Å². The molecule has 3 aromatic rings. The van der Waals surface area contributed by atoms with Gasteiger partial charge in [0.15, 0.2) is 17.3 Å². The van der Waals surface area contributed by atoms with Crippen molar-refractivity contribution in [1.82, 2.24) is 0 Å². The van der Waals surface area contributed by atoms with E-state index in [1.807, 2.05) is 0 Å². The van der Waals surface area contributed by atoms with Crippen molar-refractivity contribution in [2.24, 2.45) is 0 Å². The van der Waals surface area contributed by atoms with Gasteiger partial charge in [0.2, 0.25) is 11.7 Å². The zero-order valence-corrected chi connectivity index (χ0v) is 18.6. The van der Waals surface area contributed by atoms with Gasteiger partial charge in [-0.1, -0.05) is 11.6 Å². The van der Waals surface area contributed by atoms with Crippen LogP contribution in [0.4, 0.5) is 11.4 Å². The highest BCUT2D eigenvalue weighted by Crippen LogP contribution is 2.38. The van der Waals surface area contributed by atoms with Crippen LogP contribution < -0.4 is 24.8 Å². The summed E-state index contributed by atoms with van der Waals surface area (Å²) in [7, 11) is 4.60. The summed E-state index contributed by atoms with van der Waals surface area (Å²) in [5.74, 6) is 0.969. The second kappa shape index (κ2) is 10.6. The molecule has 3 rings (SSSR count). The maximum absolute atomic E-state index is 12.6. The summed E-state index contributed by atoms with van der Waals surface area (Å²) >= 11 is 6.06. The van der Waals surface area contributed by atoms with Crippen molar-refractivity contribution < 1.29 is 28.2 Å². The highest BCUT2D eigenvalue weighted by atomic mass is 35.5. The zero-order chi connectivity index (χ0) is 23.1. The molecule has 1 aromatic heterocycles. The highest BCUT2D eigenvalue weighted by Gasteiger charge is 2.16. The lowest BCUT2D eigenvalue weighted by atomic mass is 10.1. The second-order valence-electron chi connectivity index (χ2n) is 6.70. The summed E-state index contributed by atoms with van der Waals surface area (Å²) in [6, 6.07) is 11.5. The number of methoxy groups -OCH3 is 3. The van der Waals surface area contributed by atoms with E-state index in [2.05, 4.69) is 10.6 Å². The zero-order valence-electron chi connectivity index (χ0n) is 17.9. The van der Waals surface area contributed by atoms with Crippen LogP contribution in [0.3, 0.4) is 0 Å². The molecule has 1 heterocycles. The van der Waals surface area contributed by atoms with Gasteiger partial charge >= 0.3 is 0 Å². The van der Waals surface area contributed by atoms with Crippen molar-refractivity contribution in [3.05, 3.63) is 65.1 Å². The Bertz CT molecular complexity index is 1070. The minimum atomic E-state index is -0.454. The average Bonchev–Trinajstić information content (AvgIpc) is 3.34. The van der Waals surface area contributed by atoms with E-state index in [1.165, 1.54) is 33.7 Å². The Labute approximate surface area is 190 Å². The number of carbonyl (C=O) groups is 2. The molecule has 8 nitrogen and oxygen atoms in total. The number of aryl methyl sites for hydroxylation is 1. The molecule has 0 bridgehead atoms. The monoisotopic (exact) mass is 458 g/mol. The van der Waals surface area contributed by atoms with Gasteiger partial charge in [-0.3, -0.25) is 9.59 Å². The standard InChI is InChI=1S/C23H23ClN2O6/c1-29-19-11-14(12-20(30-2)22(19)31-3)6-9-21(27)25-16-8-7-15(24)13-17(16)26-23(28)18-5-4-10-32-18/h4-5,7-8,10-13H,6,9H2,1-3H3,(H,25,27)(H,26,28). The summed E-state index contributed by atoms with van der Waals surface area (Å²) in [4.78, 5) is 24.9. The Morgan fingerprint density at radius 2 is 1.66 bits per heavy atom. The van der Waals surface area contributed by atoms with Crippen molar-refractivity contribution in [2.45, 2.75) is 12.8 Å². The molecule has 0 aliphatic heterocycles. The van der Waals surface area contributed by atoms with Crippen LogP contribution in [0.1, 0.15) is 22.5 Å². The van der Waals surface area contributed by atoms with E-state index in [-0.39, 0.29) is 18.1 Å². The van der Waals surface area contributed by atoms with E-state index in [1.54, 1.807) is 36.4 Å². The minimum Gasteiger partial charge on any atom is -0.493 e. The Balaban J connectivity index is 1.70. The van der Waals surface area contributed by atoms with Crippen LogP contribution >= 0.6 is 11.6 Å². The van der Waals surface area contributed by atoms with Crippen LogP contribution in [-0.2, 0) is 11.2 Å². The van der Waals surface area contributed by atoms with Gasteiger partial charge in [-0.25, -0.2) is 0 Å². The van der Waals surface area contributed by atoms with Crippen molar-refractivity contribution >= 4 is 34.8 Å². The molecule has 2 aromatic carbocycles. The number of benzene rings is 2. The fraction of sp³-hybridized carbons (Fsp3) is 0.217. The van der Waals surface area contributed by atoms with Gasteiger partial charge in [-0.15, -0.1) is 0 Å². The topological polar surface area (TPSA) is 99.0 Å². The first-order valence-electron chi connectivity index (χ1n) is 9.68. The average molecular weight is 459 g/mol. The van der Waals surface area contributed by atoms with E-state index in [0.29, 0.717) is 40.1 Å². The van der Waals surface area contributed by atoms with Crippen LogP contribution in [0.25, 0.3) is 0 Å². The number of nitrogens with one attached hydrogen (secondary N) is 2. The fourth-order valence-electron chi connectivity index (χ4n) is 3.07. The Morgan fingerprint density at radius 1 is 0.938 bits per heavy atom. The lowest BCUT2D eigenvalue weighted by Gasteiger charge is -2.15. The number of carbonyl (C=O) groups excluding carboxylic acids is 2. The predicted octanol–water partition coefficient (Wildman–Crippen LogP) is 4.78. The number of ether oxygens (including phenoxy) is 3. The van der Waals surface area contributed by atoms with Gasteiger partial charge in [0.05, 0.1) is 39.0 Å². The van der Waals surface area contributed by atoms with Crippen LogP contribution in [0.2, 0.25) is 5.02 Å². The molecular formula is C23H23ClN2O6. The summed E-state index contributed by atoms with van der Waals surface area (Å²) in [6.07, 6.45) is 2.02. The Kier molecular flexibility index (Phi) is 7.62. The molecule has 0 saturated heterocycles. The Hall–Kier alpha value is -3.65. The molecule has 0 fully saturated rings. The number of anilines is 2. The number of halogens is 1. The molecule has 0 radical (unpaired) electrons. The summed E-state index contributed by atoms with van der Waals surface area (Å²) < 4.78 is 21.1. The largest absolute Gasteiger partial charge is 0.493 e. The van der Waals surface area contributed by atoms with E-state index in [4.69, 9.17) is 30.2 Å². The molecule has 168 valence electrons. The molecule has 32 heavy (non-hydrogen) atoms. The van der Waals surface area contributed by atoms with Crippen LogP contribution in [-0.4, -0.2) is 33.1 Å². The van der Waals surface area contributed by atoms with E-state index >= 15 is 0 Å². The van der Waals surface area contributed by atoms with Crippen molar-refractivity contribution in [1.29, 1.82) is 0 Å². The van der Waals surface area contributed by atoms with Crippen molar-refractivity contribution in [2.75, 3.05) is 32.0 Å². The molecule has 0 unspecified atom stereocenters. The summed E-state index contributed by atoms with van der Waals surface area (Å²) in [5.41, 5.74) is 1.63. The van der Waals surface area contributed by atoms with E-state index in [9.17, 15) is 9.59 Å². The van der Waals surface area contributed by atoms with Gasteiger partial charge in [0.25, 0.3) is 5.91 Å².